The highest BCUT2D eigenvalue weighted by molar-refractivity contribution is 5.38. The summed E-state index contributed by atoms with van der Waals surface area (Å²) in [6.07, 6.45) is 7.74. The molecule has 1 aliphatic rings. The number of anilines is 1. The van der Waals surface area contributed by atoms with Crippen LogP contribution in [0.25, 0.3) is 0 Å². The lowest BCUT2D eigenvalue weighted by atomic mass is 10.1. The summed E-state index contributed by atoms with van der Waals surface area (Å²) < 4.78 is 5.51. The van der Waals surface area contributed by atoms with Gasteiger partial charge in [-0.2, -0.15) is 0 Å². The lowest BCUT2D eigenvalue weighted by Gasteiger charge is -2.17. The minimum Gasteiger partial charge on any atom is -0.478 e. The summed E-state index contributed by atoms with van der Waals surface area (Å²) >= 11 is 0. The fraction of sp³-hybridized carbons (Fsp3) is 0.714. The van der Waals surface area contributed by atoms with E-state index in [4.69, 9.17) is 4.74 Å². The number of hydrogen-bond donors (Lipinski definition) is 1. The van der Waals surface area contributed by atoms with Crippen LogP contribution in [0.2, 0.25) is 0 Å². The van der Waals surface area contributed by atoms with Crippen molar-refractivity contribution in [3.05, 3.63) is 12.4 Å². The maximum atomic E-state index is 5.51. The van der Waals surface area contributed by atoms with E-state index in [2.05, 4.69) is 29.1 Å². The second-order valence-corrected chi connectivity index (χ2v) is 5.02. The van der Waals surface area contributed by atoms with Crippen LogP contribution in [-0.2, 0) is 0 Å². The van der Waals surface area contributed by atoms with Crippen molar-refractivity contribution in [1.82, 2.24) is 9.97 Å². The molecule has 0 bridgehead atoms. The summed E-state index contributed by atoms with van der Waals surface area (Å²) in [7, 11) is 0. The maximum absolute atomic E-state index is 5.51. The summed E-state index contributed by atoms with van der Waals surface area (Å²) in [5.74, 6) is 2.47. The molecule has 1 aromatic rings. The van der Waals surface area contributed by atoms with Crippen LogP contribution in [0.3, 0.4) is 0 Å². The quantitative estimate of drug-likeness (QED) is 0.768. The first-order valence-electron chi connectivity index (χ1n) is 7.03. The van der Waals surface area contributed by atoms with Crippen molar-refractivity contribution in [2.45, 2.75) is 52.0 Å². The van der Waals surface area contributed by atoms with Gasteiger partial charge < -0.3 is 10.1 Å². The zero-order valence-corrected chi connectivity index (χ0v) is 11.4. The van der Waals surface area contributed by atoms with E-state index in [1.165, 1.54) is 19.3 Å². The molecule has 0 aromatic carbocycles. The van der Waals surface area contributed by atoms with E-state index in [1.54, 1.807) is 6.33 Å². The molecule has 1 fully saturated rings. The van der Waals surface area contributed by atoms with E-state index >= 15 is 0 Å². The number of rotatable bonds is 8. The minimum atomic E-state index is 0.520. The molecular formula is C14H23N3O. The molecule has 0 saturated heterocycles. The Labute approximate surface area is 109 Å². The van der Waals surface area contributed by atoms with Gasteiger partial charge in [-0.25, -0.2) is 9.97 Å². The molecule has 0 radical (unpaired) electrons. The second kappa shape index (κ2) is 6.57. The van der Waals surface area contributed by atoms with Gasteiger partial charge in [0.2, 0.25) is 5.88 Å². The van der Waals surface area contributed by atoms with Crippen LogP contribution in [0.5, 0.6) is 5.88 Å². The third kappa shape index (κ3) is 4.17. The fourth-order valence-electron chi connectivity index (χ4n) is 2.00. The average Bonchev–Trinajstić information content (AvgIpc) is 3.20. The SMILES string of the molecule is CCCOc1cc(NC(CC)CC2CC2)ncn1. The first kappa shape index (κ1) is 13.1. The van der Waals surface area contributed by atoms with Gasteiger partial charge in [-0.15, -0.1) is 0 Å². The molecule has 4 heteroatoms. The number of aromatic nitrogens is 2. The van der Waals surface area contributed by atoms with Crippen LogP contribution in [-0.4, -0.2) is 22.6 Å². The van der Waals surface area contributed by atoms with Crippen molar-refractivity contribution in [1.29, 1.82) is 0 Å². The predicted octanol–water partition coefficient (Wildman–Crippen LogP) is 3.26. The molecule has 0 amide bonds. The van der Waals surface area contributed by atoms with Gasteiger partial charge >= 0.3 is 0 Å². The first-order chi connectivity index (χ1) is 8.81. The van der Waals surface area contributed by atoms with E-state index in [0.717, 1.165) is 24.6 Å². The lowest BCUT2D eigenvalue weighted by molar-refractivity contribution is 0.305. The number of hydrogen-bond acceptors (Lipinski definition) is 4. The van der Waals surface area contributed by atoms with Crippen LogP contribution in [0, 0.1) is 5.92 Å². The Morgan fingerprint density at radius 2 is 2.22 bits per heavy atom. The van der Waals surface area contributed by atoms with E-state index < -0.39 is 0 Å². The summed E-state index contributed by atoms with van der Waals surface area (Å²) in [6, 6.07) is 2.41. The summed E-state index contributed by atoms with van der Waals surface area (Å²) in [5, 5.41) is 3.49. The van der Waals surface area contributed by atoms with Crippen LogP contribution in [0.1, 0.15) is 46.0 Å². The Hall–Kier alpha value is -1.32. The summed E-state index contributed by atoms with van der Waals surface area (Å²) in [5.41, 5.74) is 0. The van der Waals surface area contributed by atoms with E-state index in [-0.39, 0.29) is 0 Å². The van der Waals surface area contributed by atoms with Crippen LogP contribution in [0.4, 0.5) is 5.82 Å². The van der Waals surface area contributed by atoms with Gasteiger partial charge in [-0.05, 0) is 25.2 Å². The molecule has 1 aliphatic carbocycles. The Morgan fingerprint density at radius 1 is 1.39 bits per heavy atom. The first-order valence-corrected chi connectivity index (χ1v) is 7.03. The Morgan fingerprint density at radius 3 is 2.89 bits per heavy atom. The van der Waals surface area contributed by atoms with E-state index in [9.17, 15) is 0 Å². The topological polar surface area (TPSA) is 47.0 Å². The van der Waals surface area contributed by atoms with Gasteiger partial charge in [0, 0.05) is 12.1 Å². The molecule has 18 heavy (non-hydrogen) atoms. The van der Waals surface area contributed by atoms with E-state index in [0.29, 0.717) is 18.5 Å². The summed E-state index contributed by atoms with van der Waals surface area (Å²) in [4.78, 5) is 8.37. The van der Waals surface area contributed by atoms with Crippen molar-refractivity contribution in [3.63, 3.8) is 0 Å². The third-order valence-corrected chi connectivity index (χ3v) is 3.26. The molecule has 1 atom stereocenters. The number of nitrogens with one attached hydrogen (secondary N) is 1. The monoisotopic (exact) mass is 249 g/mol. The van der Waals surface area contributed by atoms with Crippen LogP contribution in [0.15, 0.2) is 12.4 Å². The molecule has 1 aromatic heterocycles. The molecule has 2 rings (SSSR count). The Kier molecular flexibility index (Phi) is 4.79. The lowest BCUT2D eigenvalue weighted by Crippen LogP contribution is -2.20. The van der Waals surface area contributed by atoms with Gasteiger partial charge in [-0.3, -0.25) is 0 Å². The van der Waals surface area contributed by atoms with Crippen molar-refractivity contribution in [3.8, 4) is 5.88 Å². The second-order valence-electron chi connectivity index (χ2n) is 5.02. The Bertz CT molecular complexity index is 366. The average molecular weight is 249 g/mol. The molecular weight excluding hydrogens is 226 g/mol. The zero-order chi connectivity index (χ0) is 12.8. The van der Waals surface area contributed by atoms with Crippen molar-refractivity contribution in [2.75, 3.05) is 11.9 Å². The zero-order valence-electron chi connectivity index (χ0n) is 11.4. The minimum absolute atomic E-state index is 0.520. The molecule has 1 saturated carbocycles. The fourth-order valence-corrected chi connectivity index (χ4v) is 2.00. The maximum Gasteiger partial charge on any atom is 0.218 e. The van der Waals surface area contributed by atoms with Gasteiger partial charge in [0.15, 0.2) is 0 Å². The highest BCUT2D eigenvalue weighted by Crippen LogP contribution is 2.34. The standard InChI is InChI=1S/C14H23N3O/c1-3-7-18-14-9-13(15-10-16-14)17-12(4-2)8-11-5-6-11/h9-12H,3-8H2,1-2H3,(H,15,16,17). The molecule has 0 spiro atoms. The molecule has 4 nitrogen and oxygen atoms in total. The van der Waals surface area contributed by atoms with Gasteiger partial charge in [0.1, 0.15) is 12.1 Å². The molecule has 0 aliphatic heterocycles. The number of nitrogens with zero attached hydrogens (tertiary/aromatic N) is 2. The van der Waals surface area contributed by atoms with Gasteiger partial charge in [0.05, 0.1) is 6.61 Å². The van der Waals surface area contributed by atoms with Crippen molar-refractivity contribution >= 4 is 5.82 Å². The van der Waals surface area contributed by atoms with E-state index in [1.807, 2.05) is 6.07 Å². The van der Waals surface area contributed by atoms with Crippen molar-refractivity contribution in [2.24, 2.45) is 5.92 Å². The van der Waals surface area contributed by atoms with Crippen molar-refractivity contribution < 1.29 is 4.74 Å². The highest BCUT2D eigenvalue weighted by Gasteiger charge is 2.24. The van der Waals surface area contributed by atoms with Gasteiger partial charge in [0.25, 0.3) is 0 Å². The van der Waals surface area contributed by atoms with Crippen LogP contribution < -0.4 is 10.1 Å². The largest absolute Gasteiger partial charge is 0.478 e. The smallest absolute Gasteiger partial charge is 0.218 e. The third-order valence-electron chi connectivity index (χ3n) is 3.26. The molecule has 100 valence electrons. The van der Waals surface area contributed by atoms with Gasteiger partial charge in [-0.1, -0.05) is 26.7 Å². The normalized spacial score (nSPS) is 16.3. The molecule has 1 heterocycles. The Balaban J connectivity index is 1.89. The summed E-state index contributed by atoms with van der Waals surface area (Å²) in [6.45, 7) is 5.01. The number of ether oxygens (including phenoxy) is 1. The highest BCUT2D eigenvalue weighted by atomic mass is 16.5. The molecule has 1 unspecified atom stereocenters. The van der Waals surface area contributed by atoms with Crippen LogP contribution >= 0.6 is 0 Å². The molecule has 1 N–H and O–H groups in total. The predicted molar refractivity (Wildman–Crippen MR) is 72.9 cm³/mol.